The summed E-state index contributed by atoms with van der Waals surface area (Å²) in [7, 11) is 0. The van der Waals surface area contributed by atoms with Gasteiger partial charge in [-0.15, -0.1) is 0 Å². The molecule has 0 aliphatic rings. The normalized spacial score (nSPS) is 11.1. The highest BCUT2D eigenvalue weighted by atomic mass is 35.5. The molecule has 3 rings (SSSR count). The smallest absolute Gasteiger partial charge is 0.336 e. The number of benzene rings is 2. The predicted octanol–water partition coefficient (Wildman–Crippen LogP) is 4.76. The second-order valence-corrected chi connectivity index (χ2v) is 5.24. The fourth-order valence-electron chi connectivity index (χ4n) is 2.25. The molecule has 0 saturated heterocycles. The number of fused-ring (bicyclic) bond motifs is 1. The summed E-state index contributed by atoms with van der Waals surface area (Å²) >= 11 is 5.94. The van der Waals surface area contributed by atoms with Gasteiger partial charge < -0.3 is 5.11 Å². The lowest BCUT2D eigenvalue weighted by atomic mass is 10.1. The molecule has 1 N–H and O–H groups in total. The van der Waals surface area contributed by atoms with Crippen molar-refractivity contribution in [1.29, 1.82) is 0 Å². The molecule has 0 spiro atoms. The Morgan fingerprint density at radius 3 is 2.64 bits per heavy atom. The van der Waals surface area contributed by atoms with Gasteiger partial charge in [-0.3, -0.25) is 0 Å². The largest absolute Gasteiger partial charge is 0.478 e. The lowest BCUT2D eigenvalue weighted by Crippen LogP contribution is -2.00. The Bertz CT molecular complexity index is 887. The highest BCUT2D eigenvalue weighted by Crippen LogP contribution is 2.20. The molecule has 1 heterocycles. The second kappa shape index (κ2) is 6.00. The molecule has 1 aromatic heterocycles. The molecule has 3 aromatic rings. The minimum absolute atomic E-state index is 0.247. The summed E-state index contributed by atoms with van der Waals surface area (Å²) in [4.78, 5) is 15.9. The minimum Gasteiger partial charge on any atom is -0.478 e. The van der Waals surface area contributed by atoms with Crippen molar-refractivity contribution in [2.24, 2.45) is 0 Å². The summed E-state index contributed by atoms with van der Waals surface area (Å²) in [6, 6.07) is 16.2. The van der Waals surface area contributed by atoms with Gasteiger partial charge in [-0.1, -0.05) is 48.0 Å². The third kappa shape index (κ3) is 3.00. The number of carbonyl (C=O) groups is 1. The number of aromatic carboxylic acids is 1. The lowest BCUT2D eigenvalue weighted by molar-refractivity contribution is 0.0699. The maximum atomic E-state index is 11.4. The molecule has 108 valence electrons. The molecule has 0 unspecified atom stereocenters. The summed E-state index contributed by atoms with van der Waals surface area (Å²) in [6.07, 6.45) is 3.64. The van der Waals surface area contributed by atoms with Crippen LogP contribution in [0.25, 0.3) is 23.1 Å². The van der Waals surface area contributed by atoms with Crippen molar-refractivity contribution in [1.82, 2.24) is 4.98 Å². The summed E-state index contributed by atoms with van der Waals surface area (Å²) in [5, 5.41) is 10.6. The van der Waals surface area contributed by atoms with Crippen molar-refractivity contribution in [3.05, 3.63) is 76.4 Å². The maximum Gasteiger partial charge on any atom is 0.336 e. The maximum absolute atomic E-state index is 11.4. The molecular weight excluding hydrogens is 298 g/mol. The van der Waals surface area contributed by atoms with Crippen LogP contribution < -0.4 is 0 Å². The van der Waals surface area contributed by atoms with E-state index in [-0.39, 0.29) is 5.56 Å². The number of halogens is 1. The van der Waals surface area contributed by atoms with Crippen LogP contribution in [-0.2, 0) is 0 Å². The molecule has 0 saturated carbocycles. The van der Waals surface area contributed by atoms with E-state index < -0.39 is 5.97 Å². The third-order valence-corrected chi connectivity index (χ3v) is 3.50. The fourth-order valence-corrected chi connectivity index (χ4v) is 2.45. The highest BCUT2D eigenvalue weighted by molar-refractivity contribution is 6.30. The summed E-state index contributed by atoms with van der Waals surface area (Å²) < 4.78 is 0. The van der Waals surface area contributed by atoms with Gasteiger partial charge in [0.15, 0.2) is 0 Å². The molecule has 3 nitrogen and oxygen atoms in total. The van der Waals surface area contributed by atoms with Crippen molar-refractivity contribution in [2.75, 3.05) is 0 Å². The molecule has 0 fully saturated rings. The van der Waals surface area contributed by atoms with Crippen molar-refractivity contribution in [2.45, 2.75) is 0 Å². The van der Waals surface area contributed by atoms with Crippen LogP contribution in [0.1, 0.15) is 21.6 Å². The topological polar surface area (TPSA) is 50.2 Å². The zero-order valence-electron chi connectivity index (χ0n) is 11.5. The zero-order chi connectivity index (χ0) is 15.5. The van der Waals surface area contributed by atoms with Crippen LogP contribution in [0.3, 0.4) is 0 Å². The number of carboxylic acid groups (broad SMARTS) is 1. The Hall–Kier alpha value is -2.65. The van der Waals surface area contributed by atoms with E-state index in [9.17, 15) is 9.90 Å². The Morgan fingerprint density at radius 2 is 1.86 bits per heavy atom. The van der Waals surface area contributed by atoms with E-state index in [4.69, 9.17) is 11.6 Å². The molecular formula is C18H12ClNO2. The average Bonchev–Trinajstić information content (AvgIpc) is 2.52. The highest BCUT2D eigenvalue weighted by Gasteiger charge is 2.10. The van der Waals surface area contributed by atoms with Gasteiger partial charge >= 0.3 is 5.97 Å². The third-order valence-electron chi connectivity index (χ3n) is 3.26. The predicted molar refractivity (Wildman–Crippen MR) is 89.1 cm³/mol. The van der Waals surface area contributed by atoms with Crippen LogP contribution in [-0.4, -0.2) is 16.1 Å². The van der Waals surface area contributed by atoms with Crippen LogP contribution in [0.4, 0.5) is 0 Å². The lowest BCUT2D eigenvalue weighted by Gasteiger charge is -2.04. The molecule has 0 radical (unpaired) electrons. The summed E-state index contributed by atoms with van der Waals surface area (Å²) in [5.41, 5.74) is 2.43. The monoisotopic (exact) mass is 309 g/mol. The minimum atomic E-state index is -0.962. The van der Waals surface area contributed by atoms with Crippen molar-refractivity contribution in [3.8, 4) is 0 Å². The van der Waals surface area contributed by atoms with Gasteiger partial charge in [-0.25, -0.2) is 9.78 Å². The van der Waals surface area contributed by atoms with E-state index in [1.54, 1.807) is 36.4 Å². The SMILES string of the molecule is O=C(O)c1cc(/C=C/c2cccc(Cl)c2)nc2ccccc12. The number of aromatic nitrogens is 1. The van der Waals surface area contributed by atoms with Gasteiger partial charge in [0.1, 0.15) is 0 Å². The van der Waals surface area contributed by atoms with Gasteiger partial charge in [0.25, 0.3) is 0 Å². The van der Waals surface area contributed by atoms with Crippen LogP contribution in [0.15, 0.2) is 54.6 Å². The van der Waals surface area contributed by atoms with Gasteiger partial charge in [0.2, 0.25) is 0 Å². The number of carboxylic acids is 1. The van der Waals surface area contributed by atoms with Gasteiger partial charge in [-0.05, 0) is 35.9 Å². The standard InChI is InChI=1S/C18H12ClNO2/c19-13-5-3-4-12(10-13)8-9-14-11-16(18(21)22)15-6-1-2-7-17(15)20-14/h1-11H,(H,21,22)/b9-8+. The molecule has 0 bridgehead atoms. The Balaban J connectivity index is 2.06. The molecule has 0 amide bonds. The van der Waals surface area contributed by atoms with E-state index in [0.717, 1.165) is 5.56 Å². The Morgan fingerprint density at radius 1 is 1.05 bits per heavy atom. The number of para-hydroxylation sites is 1. The summed E-state index contributed by atoms with van der Waals surface area (Å²) in [6.45, 7) is 0. The van der Waals surface area contributed by atoms with Gasteiger partial charge in [0, 0.05) is 10.4 Å². The van der Waals surface area contributed by atoms with E-state index >= 15 is 0 Å². The average molecular weight is 310 g/mol. The first kappa shape index (κ1) is 14.3. The van der Waals surface area contributed by atoms with E-state index in [0.29, 0.717) is 21.6 Å². The number of pyridine rings is 1. The fraction of sp³-hybridized carbons (Fsp3) is 0. The first-order valence-electron chi connectivity index (χ1n) is 6.70. The first-order valence-corrected chi connectivity index (χ1v) is 7.08. The van der Waals surface area contributed by atoms with Crippen molar-refractivity contribution < 1.29 is 9.90 Å². The molecule has 4 heteroatoms. The van der Waals surface area contributed by atoms with Crippen LogP contribution >= 0.6 is 11.6 Å². The molecule has 22 heavy (non-hydrogen) atoms. The molecule has 0 atom stereocenters. The Kier molecular flexibility index (Phi) is 3.90. The number of hydrogen-bond donors (Lipinski definition) is 1. The van der Waals surface area contributed by atoms with Gasteiger partial charge in [-0.2, -0.15) is 0 Å². The van der Waals surface area contributed by atoms with Crippen molar-refractivity contribution in [3.63, 3.8) is 0 Å². The second-order valence-electron chi connectivity index (χ2n) is 4.81. The summed E-state index contributed by atoms with van der Waals surface area (Å²) in [5.74, 6) is -0.962. The zero-order valence-corrected chi connectivity index (χ0v) is 12.3. The van der Waals surface area contributed by atoms with Gasteiger partial charge in [0.05, 0.1) is 16.8 Å². The Labute approximate surface area is 132 Å². The number of nitrogens with zero attached hydrogens (tertiary/aromatic N) is 1. The van der Waals surface area contributed by atoms with Crippen molar-refractivity contribution >= 4 is 40.6 Å². The molecule has 0 aliphatic heterocycles. The van der Waals surface area contributed by atoms with Crippen LogP contribution in [0.2, 0.25) is 5.02 Å². The molecule has 0 aliphatic carbocycles. The first-order chi connectivity index (χ1) is 10.6. The van der Waals surface area contributed by atoms with Crippen LogP contribution in [0.5, 0.6) is 0 Å². The van der Waals surface area contributed by atoms with E-state index in [1.807, 2.05) is 30.3 Å². The van der Waals surface area contributed by atoms with E-state index in [1.165, 1.54) is 0 Å². The molecule has 2 aromatic carbocycles. The number of hydrogen-bond acceptors (Lipinski definition) is 2. The van der Waals surface area contributed by atoms with Crippen LogP contribution in [0, 0.1) is 0 Å². The quantitative estimate of drug-likeness (QED) is 0.759. The number of rotatable bonds is 3. The van der Waals surface area contributed by atoms with E-state index in [2.05, 4.69) is 4.98 Å².